The molecule has 19 heavy (non-hydrogen) atoms. The second-order valence-corrected chi connectivity index (χ2v) is 6.05. The molecular weight excluding hydrogens is 262 g/mol. The summed E-state index contributed by atoms with van der Waals surface area (Å²) >= 11 is 1.29. The molecule has 0 bridgehead atoms. The van der Waals surface area contributed by atoms with E-state index in [1.807, 2.05) is 6.20 Å². The zero-order valence-corrected chi connectivity index (χ0v) is 12.9. The summed E-state index contributed by atoms with van der Waals surface area (Å²) in [5.74, 6) is -0.354. The molecule has 108 valence electrons. The molecule has 1 aromatic heterocycles. The van der Waals surface area contributed by atoms with Crippen LogP contribution in [0.15, 0.2) is 11.4 Å². The number of aliphatic carboxylic acids is 1. The van der Waals surface area contributed by atoms with Crippen LogP contribution in [0.2, 0.25) is 0 Å². The third-order valence-corrected chi connectivity index (χ3v) is 3.73. The molecule has 1 N–H and O–H groups in total. The van der Waals surface area contributed by atoms with Gasteiger partial charge < -0.3 is 14.6 Å². The zero-order valence-electron chi connectivity index (χ0n) is 12.1. The van der Waals surface area contributed by atoms with E-state index in [9.17, 15) is 4.79 Å². The highest BCUT2D eigenvalue weighted by molar-refractivity contribution is 7.99. The van der Waals surface area contributed by atoms with Crippen LogP contribution in [-0.2, 0) is 11.3 Å². The molecule has 0 atom stereocenters. The highest BCUT2D eigenvalue weighted by Gasteiger charge is 2.14. The average Bonchev–Trinajstić information content (AvgIpc) is 2.69. The van der Waals surface area contributed by atoms with Crippen molar-refractivity contribution in [1.82, 2.24) is 14.5 Å². The number of nitrogens with zero attached hydrogens (tertiary/aromatic N) is 3. The van der Waals surface area contributed by atoms with Crippen molar-refractivity contribution in [3.63, 3.8) is 0 Å². The molecular formula is C13H23N3O2S. The molecule has 1 rings (SSSR count). The van der Waals surface area contributed by atoms with Crippen LogP contribution in [0, 0.1) is 0 Å². The summed E-state index contributed by atoms with van der Waals surface area (Å²) in [5, 5.41) is 9.58. The fourth-order valence-electron chi connectivity index (χ4n) is 1.84. The van der Waals surface area contributed by atoms with E-state index >= 15 is 0 Å². The summed E-state index contributed by atoms with van der Waals surface area (Å²) in [7, 11) is 4.11. The molecule has 0 amide bonds. The van der Waals surface area contributed by atoms with Crippen molar-refractivity contribution in [2.24, 2.45) is 0 Å². The van der Waals surface area contributed by atoms with Gasteiger partial charge in [0.2, 0.25) is 0 Å². The first-order valence-corrected chi connectivity index (χ1v) is 7.45. The van der Waals surface area contributed by atoms with Gasteiger partial charge in [0.1, 0.15) is 0 Å². The Labute approximate surface area is 119 Å². The topological polar surface area (TPSA) is 58.4 Å². The van der Waals surface area contributed by atoms with Gasteiger partial charge in [-0.2, -0.15) is 0 Å². The van der Waals surface area contributed by atoms with Gasteiger partial charge in [-0.1, -0.05) is 25.6 Å². The van der Waals surface area contributed by atoms with Crippen LogP contribution in [-0.4, -0.2) is 51.9 Å². The lowest BCUT2D eigenvalue weighted by molar-refractivity contribution is -0.133. The standard InChI is InChI=1S/C13H23N3O2S/c1-10(2)11-8-14-13(19-9-12(17)18)16(11)7-5-6-15(3)4/h8,10H,5-7,9H2,1-4H3,(H,17,18). The molecule has 5 nitrogen and oxygen atoms in total. The molecule has 0 unspecified atom stereocenters. The monoisotopic (exact) mass is 285 g/mol. The van der Waals surface area contributed by atoms with Crippen molar-refractivity contribution in [2.75, 3.05) is 26.4 Å². The lowest BCUT2D eigenvalue weighted by atomic mass is 10.1. The van der Waals surface area contributed by atoms with Crippen LogP contribution < -0.4 is 0 Å². The van der Waals surface area contributed by atoms with Gasteiger partial charge in [-0.3, -0.25) is 4.79 Å². The van der Waals surface area contributed by atoms with Gasteiger partial charge >= 0.3 is 5.97 Å². The van der Waals surface area contributed by atoms with Crippen molar-refractivity contribution in [3.8, 4) is 0 Å². The van der Waals surface area contributed by atoms with Crippen LogP contribution in [0.3, 0.4) is 0 Å². The Morgan fingerprint density at radius 3 is 2.74 bits per heavy atom. The Balaban J connectivity index is 2.76. The second kappa shape index (κ2) is 7.55. The average molecular weight is 285 g/mol. The van der Waals surface area contributed by atoms with Gasteiger partial charge in [-0.15, -0.1) is 0 Å². The summed E-state index contributed by atoms with van der Waals surface area (Å²) in [6, 6.07) is 0. The molecule has 0 aromatic carbocycles. The van der Waals surface area contributed by atoms with Gasteiger partial charge in [0.15, 0.2) is 5.16 Å². The van der Waals surface area contributed by atoms with Gasteiger partial charge in [0, 0.05) is 18.4 Å². The maximum atomic E-state index is 10.7. The Morgan fingerprint density at radius 1 is 1.53 bits per heavy atom. The fourth-order valence-corrected chi connectivity index (χ4v) is 2.58. The van der Waals surface area contributed by atoms with E-state index in [1.54, 1.807) is 0 Å². The van der Waals surface area contributed by atoms with E-state index < -0.39 is 5.97 Å². The third kappa shape index (κ3) is 5.24. The van der Waals surface area contributed by atoms with Crippen LogP contribution >= 0.6 is 11.8 Å². The van der Waals surface area contributed by atoms with E-state index in [0.717, 1.165) is 24.7 Å². The lowest BCUT2D eigenvalue weighted by Crippen LogP contribution is -2.16. The van der Waals surface area contributed by atoms with Crippen LogP contribution in [0.1, 0.15) is 31.9 Å². The summed E-state index contributed by atoms with van der Waals surface area (Å²) in [6.07, 6.45) is 2.90. The summed E-state index contributed by atoms with van der Waals surface area (Å²) in [6.45, 7) is 6.16. The lowest BCUT2D eigenvalue weighted by Gasteiger charge is -2.15. The number of hydrogen-bond acceptors (Lipinski definition) is 4. The predicted molar refractivity (Wildman–Crippen MR) is 77.8 cm³/mol. The molecule has 0 saturated heterocycles. The van der Waals surface area contributed by atoms with E-state index in [1.165, 1.54) is 17.5 Å². The van der Waals surface area contributed by atoms with Crippen LogP contribution in [0.4, 0.5) is 0 Å². The fraction of sp³-hybridized carbons (Fsp3) is 0.692. The molecule has 0 fully saturated rings. The number of hydrogen-bond donors (Lipinski definition) is 1. The van der Waals surface area contributed by atoms with Gasteiger partial charge in [0.05, 0.1) is 5.75 Å². The number of carboxylic acids is 1. The second-order valence-electron chi connectivity index (χ2n) is 5.11. The predicted octanol–water partition coefficient (Wildman–Crippen LogP) is 2.13. The number of rotatable bonds is 8. The minimum absolute atomic E-state index is 0.0578. The normalized spacial score (nSPS) is 11.5. The van der Waals surface area contributed by atoms with E-state index in [4.69, 9.17) is 5.11 Å². The quantitative estimate of drug-likeness (QED) is 0.742. The molecule has 1 aromatic rings. The third-order valence-electron chi connectivity index (χ3n) is 2.75. The molecule has 0 radical (unpaired) electrons. The summed E-state index contributed by atoms with van der Waals surface area (Å²) < 4.78 is 2.15. The highest BCUT2D eigenvalue weighted by atomic mass is 32.2. The SMILES string of the molecule is CC(C)c1cnc(SCC(=O)O)n1CCCN(C)C. The number of aromatic nitrogens is 2. The zero-order chi connectivity index (χ0) is 14.4. The Kier molecular flexibility index (Phi) is 6.37. The van der Waals surface area contributed by atoms with Crippen molar-refractivity contribution in [2.45, 2.75) is 37.9 Å². The summed E-state index contributed by atoms with van der Waals surface area (Å²) in [5.41, 5.74) is 1.17. The minimum atomic E-state index is -0.807. The largest absolute Gasteiger partial charge is 0.481 e. The first-order valence-electron chi connectivity index (χ1n) is 6.46. The smallest absolute Gasteiger partial charge is 0.313 e. The number of carbonyl (C=O) groups is 1. The number of imidazole rings is 1. The van der Waals surface area contributed by atoms with Crippen molar-refractivity contribution in [1.29, 1.82) is 0 Å². The van der Waals surface area contributed by atoms with Crippen molar-refractivity contribution >= 4 is 17.7 Å². The first kappa shape index (κ1) is 16.0. The maximum absolute atomic E-state index is 10.7. The summed E-state index contributed by atoms with van der Waals surface area (Å²) in [4.78, 5) is 17.2. The highest BCUT2D eigenvalue weighted by Crippen LogP contribution is 2.23. The number of thioether (sulfide) groups is 1. The van der Waals surface area contributed by atoms with E-state index in [2.05, 4.69) is 42.4 Å². The minimum Gasteiger partial charge on any atom is -0.481 e. The molecule has 0 aliphatic rings. The van der Waals surface area contributed by atoms with E-state index in [0.29, 0.717) is 5.92 Å². The maximum Gasteiger partial charge on any atom is 0.313 e. The number of carboxylic acid groups (broad SMARTS) is 1. The van der Waals surface area contributed by atoms with Gasteiger partial charge in [0.25, 0.3) is 0 Å². The Bertz CT molecular complexity index is 416. The molecule has 0 spiro atoms. The molecule has 0 saturated carbocycles. The molecule has 0 aliphatic heterocycles. The Morgan fingerprint density at radius 2 is 2.21 bits per heavy atom. The Hall–Kier alpha value is -1.01. The van der Waals surface area contributed by atoms with Gasteiger partial charge in [-0.05, 0) is 33.0 Å². The molecule has 0 aliphatic carbocycles. The molecule has 1 heterocycles. The first-order chi connectivity index (χ1) is 8.91. The van der Waals surface area contributed by atoms with Crippen LogP contribution in [0.25, 0.3) is 0 Å². The molecule has 6 heteroatoms. The van der Waals surface area contributed by atoms with Crippen molar-refractivity contribution in [3.05, 3.63) is 11.9 Å². The van der Waals surface area contributed by atoms with E-state index in [-0.39, 0.29) is 5.75 Å². The van der Waals surface area contributed by atoms with Gasteiger partial charge in [-0.25, -0.2) is 4.98 Å². The van der Waals surface area contributed by atoms with Crippen LogP contribution in [0.5, 0.6) is 0 Å². The van der Waals surface area contributed by atoms with Crippen molar-refractivity contribution < 1.29 is 9.90 Å².